The molecule has 13 heteroatoms. The molecular formula is C25H34ClFN7O3S+. The van der Waals surface area contributed by atoms with E-state index in [0.29, 0.717) is 23.1 Å². The summed E-state index contributed by atoms with van der Waals surface area (Å²) in [6, 6.07) is 0.393. The van der Waals surface area contributed by atoms with Crippen molar-refractivity contribution < 1.29 is 23.9 Å². The molecule has 1 aliphatic carbocycles. The number of carboxylic acid groups (broad SMARTS) is 1. The molecule has 3 aromatic rings. The molecule has 2 N–H and O–H groups in total. The molecule has 10 nitrogen and oxygen atoms in total. The topological polar surface area (TPSA) is 113 Å². The van der Waals surface area contributed by atoms with Gasteiger partial charge >= 0.3 is 12.0 Å². The summed E-state index contributed by atoms with van der Waals surface area (Å²) in [7, 11) is 0. The van der Waals surface area contributed by atoms with Gasteiger partial charge < -0.3 is 15.3 Å². The number of fused-ring (bicyclic) bond motifs is 1. The first-order valence-corrected chi connectivity index (χ1v) is 13.7. The van der Waals surface area contributed by atoms with E-state index in [4.69, 9.17) is 0 Å². The Kier molecular flexibility index (Phi) is 7.96. The zero-order chi connectivity index (χ0) is 26.5. The Labute approximate surface area is 230 Å². The van der Waals surface area contributed by atoms with Gasteiger partial charge in [-0.25, -0.2) is 24.1 Å². The second kappa shape index (κ2) is 10.7. The standard InChI is InChI=1S/C25H32FN7O3S.ClH/c1-14(2)32(25(35)36)18-7-9-33(26,15(3)11-18)24(34)20-12-21(28-16(4)17-5-6-17)30-22(29-20)19-13-27-31-8-10-37-23(19)31;/h8,10,12-18H,5-7,9,11H2,1-4H3,(H-,28,29,30,35,36);1H/p+1/t15?,16-,18?,33?;/m0./s1. The van der Waals surface area contributed by atoms with Crippen LogP contribution in [0.1, 0.15) is 63.9 Å². The summed E-state index contributed by atoms with van der Waals surface area (Å²) in [6.07, 6.45) is 5.24. The van der Waals surface area contributed by atoms with Gasteiger partial charge in [-0.1, -0.05) is 4.71 Å². The van der Waals surface area contributed by atoms with Crippen molar-refractivity contribution >= 4 is 46.4 Å². The number of likely N-dealkylation sites (tertiary alicyclic amines) is 1. The number of aromatic nitrogens is 4. The lowest BCUT2D eigenvalue weighted by Gasteiger charge is -2.41. The van der Waals surface area contributed by atoms with Gasteiger partial charge in [-0.2, -0.15) is 5.10 Å². The number of rotatable bonds is 7. The average Bonchev–Trinajstić information content (AvgIpc) is 3.46. The highest BCUT2D eigenvalue weighted by Crippen LogP contribution is 2.36. The average molecular weight is 567 g/mol. The minimum Gasteiger partial charge on any atom is -0.465 e. The highest BCUT2D eigenvalue weighted by Gasteiger charge is 2.51. The van der Waals surface area contributed by atoms with Crippen LogP contribution in [0.2, 0.25) is 0 Å². The molecule has 38 heavy (non-hydrogen) atoms. The summed E-state index contributed by atoms with van der Waals surface area (Å²) < 4.78 is 16.8. The number of hydrogen-bond donors (Lipinski definition) is 2. The summed E-state index contributed by atoms with van der Waals surface area (Å²) in [4.78, 5) is 36.9. The van der Waals surface area contributed by atoms with Gasteiger partial charge in [0.15, 0.2) is 11.5 Å². The summed E-state index contributed by atoms with van der Waals surface area (Å²) in [6.45, 7) is 7.23. The van der Waals surface area contributed by atoms with E-state index in [0.717, 1.165) is 17.7 Å². The van der Waals surface area contributed by atoms with Crippen molar-refractivity contribution in [2.75, 3.05) is 11.9 Å². The lowest BCUT2D eigenvalue weighted by molar-refractivity contribution is -1.01. The largest absolute Gasteiger partial charge is 0.465 e. The minimum absolute atomic E-state index is 0. The van der Waals surface area contributed by atoms with E-state index in [2.05, 4.69) is 27.3 Å². The zero-order valence-corrected chi connectivity index (χ0v) is 23.5. The van der Waals surface area contributed by atoms with Gasteiger partial charge in [-0.3, -0.25) is 0 Å². The molecule has 0 bridgehead atoms. The quantitative estimate of drug-likeness (QED) is 0.375. The van der Waals surface area contributed by atoms with Crippen LogP contribution >= 0.6 is 23.7 Å². The fourth-order valence-corrected chi connectivity index (χ4v) is 6.15. The number of quaternary nitrogens is 1. The Morgan fingerprint density at radius 1 is 1.26 bits per heavy atom. The molecule has 206 valence electrons. The van der Waals surface area contributed by atoms with Gasteiger partial charge in [0, 0.05) is 53.1 Å². The monoisotopic (exact) mass is 566 g/mol. The molecule has 1 aliphatic heterocycles. The van der Waals surface area contributed by atoms with Gasteiger partial charge in [0.2, 0.25) is 0 Å². The number of hydrogen-bond acceptors (Lipinski definition) is 7. The summed E-state index contributed by atoms with van der Waals surface area (Å²) in [5.41, 5.74) is 0.677. The maximum absolute atomic E-state index is 16.4. The first-order chi connectivity index (χ1) is 17.6. The van der Waals surface area contributed by atoms with Crippen LogP contribution in [0.3, 0.4) is 0 Å². The van der Waals surface area contributed by atoms with Gasteiger partial charge in [-0.05, 0) is 46.5 Å². The Bertz CT molecular complexity index is 1330. The van der Waals surface area contributed by atoms with E-state index in [1.165, 1.54) is 22.3 Å². The number of carbonyl (C=O) groups is 2. The lowest BCUT2D eigenvalue weighted by atomic mass is 9.95. The van der Waals surface area contributed by atoms with Gasteiger partial charge in [0.05, 0.1) is 11.8 Å². The third kappa shape index (κ3) is 5.21. The van der Waals surface area contributed by atoms with Crippen molar-refractivity contribution in [3.8, 4) is 11.4 Å². The number of amides is 2. The minimum atomic E-state index is -1.32. The molecule has 5 rings (SSSR count). The number of carbonyl (C=O) groups excluding carboxylic acids is 1. The fraction of sp³-hybridized carbons (Fsp3) is 0.560. The predicted molar refractivity (Wildman–Crippen MR) is 145 cm³/mol. The SMILES string of the molecule is CC(C)N(C(=O)O)C1CC[N+](F)(C(=O)c2cc(N[C@@H](C)C3CC3)nc(-c3cnn4ccsc34)n2)C(C)C1.Cl. The molecule has 4 heterocycles. The normalized spacial score (nSPS) is 24.2. The number of anilines is 1. The Morgan fingerprint density at radius 3 is 2.63 bits per heavy atom. The van der Waals surface area contributed by atoms with E-state index in [1.54, 1.807) is 31.5 Å². The number of piperidine rings is 1. The predicted octanol–water partition coefficient (Wildman–Crippen LogP) is 5.27. The van der Waals surface area contributed by atoms with Crippen LogP contribution in [0, 0.1) is 5.92 Å². The highest BCUT2D eigenvalue weighted by atomic mass is 35.5. The van der Waals surface area contributed by atoms with Crippen LogP contribution in [0.4, 0.5) is 15.1 Å². The number of halogens is 2. The summed E-state index contributed by atoms with van der Waals surface area (Å²) >= 11 is 1.48. The van der Waals surface area contributed by atoms with Crippen LogP contribution in [0.25, 0.3) is 16.2 Å². The highest BCUT2D eigenvalue weighted by molar-refractivity contribution is 7.16. The van der Waals surface area contributed by atoms with Crippen molar-refractivity contribution in [2.45, 2.75) is 77.5 Å². The van der Waals surface area contributed by atoms with Crippen molar-refractivity contribution in [2.24, 2.45) is 5.92 Å². The van der Waals surface area contributed by atoms with Gasteiger partial charge in [-0.15, -0.1) is 23.7 Å². The molecular weight excluding hydrogens is 533 g/mol. The van der Waals surface area contributed by atoms with Crippen molar-refractivity contribution in [1.82, 2.24) is 24.5 Å². The molecule has 1 saturated heterocycles. The third-order valence-electron chi connectivity index (χ3n) is 7.63. The molecule has 0 radical (unpaired) electrons. The summed E-state index contributed by atoms with van der Waals surface area (Å²) in [5.74, 6) is 0.613. The second-order valence-corrected chi connectivity index (χ2v) is 11.4. The Hall–Kier alpha value is -2.83. The maximum Gasteiger partial charge on any atom is 0.407 e. The zero-order valence-electron chi connectivity index (χ0n) is 21.9. The van der Waals surface area contributed by atoms with Crippen LogP contribution in [0.15, 0.2) is 23.8 Å². The number of thiazole rings is 1. The van der Waals surface area contributed by atoms with Crippen molar-refractivity contribution in [1.29, 1.82) is 0 Å². The van der Waals surface area contributed by atoms with E-state index in [9.17, 15) is 14.7 Å². The number of nitrogens with one attached hydrogen (secondary N) is 1. The Balaban J connectivity index is 0.00000336. The van der Waals surface area contributed by atoms with Crippen molar-refractivity contribution in [3.05, 3.63) is 29.5 Å². The fourth-order valence-electron chi connectivity index (χ4n) is 5.36. The molecule has 0 spiro atoms. The molecule has 0 aromatic carbocycles. The molecule has 2 fully saturated rings. The first-order valence-electron chi connectivity index (χ1n) is 12.8. The summed E-state index contributed by atoms with van der Waals surface area (Å²) in [5, 5.41) is 19.3. The lowest BCUT2D eigenvalue weighted by Crippen LogP contribution is -2.60. The Morgan fingerprint density at radius 2 is 2.00 bits per heavy atom. The van der Waals surface area contributed by atoms with E-state index in [1.807, 2.05) is 11.6 Å². The second-order valence-electron chi connectivity index (χ2n) is 10.6. The van der Waals surface area contributed by atoms with Crippen molar-refractivity contribution in [3.63, 3.8) is 0 Å². The van der Waals surface area contributed by atoms with E-state index < -0.39 is 22.7 Å². The third-order valence-corrected chi connectivity index (χ3v) is 8.52. The number of nitrogens with zero attached hydrogens (tertiary/aromatic N) is 6. The first kappa shape index (κ1) is 28.2. The smallest absolute Gasteiger partial charge is 0.407 e. The maximum atomic E-state index is 16.4. The molecule has 2 amide bonds. The van der Waals surface area contributed by atoms with Crippen LogP contribution in [-0.4, -0.2) is 77.0 Å². The van der Waals surface area contributed by atoms with Crippen LogP contribution < -0.4 is 5.32 Å². The molecule has 1 saturated carbocycles. The van der Waals surface area contributed by atoms with E-state index in [-0.39, 0.29) is 55.6 Å². The van der Waals surface area contributed by atoms with Gasteiger partial charge in [0.25, 0.3) is 0 Å². The van der Waals surface area contributed by atoms with Crippen LogP contribution in [0.5, 0.6) is 0 Å². The van der Waals surface area contributed by atoms with E-state index >= 15 is 4.48 Å². The van der Waals surface area contributed by atoms with Crippen LogP contribution in [-0.2, 0) is 0 Å². The van der Waals surface area contributed by atoms with Gasteiger partial charge in [0.1, 0.15) is 23.2 Å². The molecule has 2 aliphatic rings. The molecule has 3 aromatic heterocycles. The molecule has 3 unspecified atom stereocenters. The molecule has 4 atom stereocenters.